The average molecular weight is 450 g/mol. The van der Waals surface area contributed by atoms with Crippen LogP contribution in [0.3, 0.4) is 0 Å². The molecule has 0 bridgehead atoms. The molecule has 8 nitrogen and oxygen atoms in total. The van der Waals surface area contributed by atoms with Gasteiger partial charge in [-0.25, -0.2) is 9.78 Å². The summed E-state index contributed by atoms with van der Waals surface area (Å²) >= 11 is 12.1. The molecule has 158 valence electrons. The van der Waals surface area contributed by atoms with Crippen LogP contribution in [-0.2, 0) is 6.54 Å². The van der Waals surface area contributed by atoms with E-state index >= 15 is 0 Å². The van der Waals surface area contributed by atoms with E-state index < -0.39 is 17.2 Å². The summed E-state index contributed by atoms with van der Waals surface area (Å²) < 4.78 is 1.37. The quantitative estimate of drug-likeness (QED) is 0.511. The Labute approximate surface area is 182 Å². The van der Waals surface area contributed by atoms with Crippen LogP contribution in [0.4, 0.5) is 11.4 Å². The van der Waals surface area contributed by atoms with Crippen LogP contribution in [-0.4, -0.2) is 20.4 Å². The Morgan fingerprint density at radius 3 is 2.43 bits per heavy atom. The van der Waals surface area contributed by atoms with Gasteiger partial charge in [-0.2, -0.15) is 0 Å². The number of nitrogens with zero attached hydrogens (tertiary/aromatic N) is 2. The SMILES string of the molecule is CCCn1c(=O)[nH]c(=O)c2c(C(=O)Nc3cc(Cl)c(N)c(Cl)c3)cc(C(C)C)nc21. The van der Waals surface area contributed by atoms with E-state index in [9.17, 15) is 14.4 Å². The Morgan fingerprint density at radius 2 is 1.87 bits per heavy atom. The number of pyridine rings is 1. The van der Waals surface area contributed by atoms with Crippen molar-refractivity contribution in [3.8, 4) is 0 Å². The van der Waals surface area contributed by atoms with Crippen LogP contribution in [0.2, 0.25) is 10.0 Å². The smallest absolute Gasteiger partial charge is 0.329 e. The van der Waals surface area contributed by atoms with E-state index in [2.05, 4.69) is 15.3 Å². The topological polar surface area (TPSA) is 123 Å². The molecule has 0 radical (unpaired) electrons. The maximum Gasteiger partial charge on any atom is 0.329 e. The molecule has 1 amide bonds. The third-order valence-corrected chi connectivity index (χ3v) is 5.21. The van der Waals surface area contributed by atoms with E-state index in [0.717, 1.165) is 0 Å². The molecule has 0 unspecified atom stereocenters. The Kier molecular flexibility index (Phi) is 6.19. The Bertz CT molecular complexity index is 1240. The number of halogens is 2. The summed E-state index contributed by atoms with van der Waals surface area (Å²) in [5.41, 5.74) is 5.87. The van der Waals surface area contributed by atoms with Gasteiger partial charge in [-0.3, -0.25) is 19.1 Å². The third-order valence-electron chi connectivity index (χ3n) is 4.59. The van der Waals surface area contributed by atoms with Gasteiger partial charge in [0, 0.05) is 17.9 Å². The van der Waals surface area contributed by atoms with Gasteiger partial charge >= 0.3 is 5.69 Å². The van der Waals surface area contributed by atoms with Crippen molar-refractivity contribution in [2.75, 3.05) is 11.1 Å². The Balaban J connectivity index is 2.24. The van der Waals surface area contributed by atoms with Gasteiger partial charge in [-0.15, -0.1) is 0 Å². The molecule has 3 rings (SSSR count). The normalized spacial score (nSPS) is 11.3. The second kappa shape index (κ2) is 8.49. The van der Waals surface area contributed by atoms with Crippen LogP contribution in [0.15, 0.2) is 27.8 Å². The fraction of sp³-hybridized carbons (Fsp3) is 0.300. The molecule has 0 atom stereocenters. The van der Waals surface area contributed by atoms with E-state index in [0.29, 0.717) is 24.3 Å². The summed E-state index contributed by atoms with van der Waals surface area (Å²) in [6.07, 6.45) is 0.651. The highest BCUT2D eigenvalue weighted by Crippen LogP contribution is 2.31. The molecule has 0 fully saturated rings. The van der Waals surface area contributed by atoms with Crippen LogP contribution >= 0.6 is 23.2 Å². The van der Waals surface area contributed by atoms with Gasteiger partial charge in [0.1, 0.15) is 0 Å². The number of amides is 1. The monoisotopic (exact) mass is 449 g/mol. The number of fused-ring (bicyclic) bond motifs is 1. The minimum Gasteiger partial charge on any atom is -0.396 e. The van der Waals surface area contributed by atoms with Crippen molar-refractivity contribution in [2.45, 2.75) is 39.7 Å². The number of carbonyl (C=O) groups is 1. The number of carbonyl (C=O) groups excluding carboxylic acids is 1. The zero-order valence-electron chi connectivity index (χ0n) is 16.7. The minimum atomic E-state index is -0.677. The van der Waals surface area contributed by atoms with Crippen LogP contribution in [0.5, 0.6) is 0 Å². The molecular formula is C20H21Cl2N5O3. The van der Waals surface area contributed by atoms with Gasteiger partial charge in [0.25, 0.3) is 11.5 Å². The van der Waals surface area contributed by atoms with E-state index in [-0.39, 0.29) is 38.2 Å². The van der Waals surface area contributed by atoms with Crippen molar-refractivity contribution in [3.05, 3.63) is 60.3 Å². The predicted octanol–water partition coefficient (Wildman–Crippen LogP) is 3.76. The molecule has 0 aliphatic carbocycles. The van der Waals surface area contributed by atoms with Crippen molar-refractivity contribution >= 4 is 51.5 Å². The lowest BCUT2D eigenvalue weighted by molar-refractivity contribution is 0.102. The first-order chi connectivity index (χ1) is 14.1. The molecule has 2 aromatic heterocycles. The predicted molar refractivity (Wildman–Crippen MR) is 120 cm³/mol. The number of rotatable bonds is 5. The molecule has 10 heteroatoms. The van der Waals surface area contributed by atoms with Crippen molar-refractivity contribution < 1.29 is 4.79 Å². The molecule has 30 heavy (non-hydrogen) atoms. The largest absolute Gasteiger partial charge is 0.396 e. The van der Waals surface area contributed by atoms with E-state index in [4.69, 9.17) is 28.9 Å². The fourth-order valence-corrected chi connectivity index (χ4v) is 3.54. The highest BCUT2D eigenvalue weighted by atomic mass is 35.5. The van der Waals surface area contributed by atoms with Crippen LogP contribution < -0.4 is 22.3 Å². The van der Waals surface area contributed by atoms with Crippen molar-refractivity contribution in [2.24, 2.45) is 0 Å². The first-order valence-corrected chi connectivity index (χ1v) is 10.1. The first kappa shape index (κ1) is 21.9. The summed E-state index contributed by atoms with van der Waals surface area (Å²) in [5.74, 6) is -0.598. The highest BCUT2D eigenvalue weighted by molar-refractivity contribution is 6.39. The van der Waals surface area contributed by atoms with Crippen LogP contribution in [0.25, 0.3) is 11.0 Å². The zero-order valence-corrected chi connectivity index (χ0v) is 18.2. The second-order valence-corrected chi connectivity index (χ2v) is 7.98. The van der Waals surface area contributed by atoms with Crippen molar-refractivity contribution in [1.29, 1.82) is 0 Å². The van der Waals surface area contributed by atoms with Gasteiger partial charge < -0.3 is 11.1 Å². The van der Waals surface area contributed by atoms with Gasteiger partial charge in [-0.1, -0.05) is 44.0 Å². The molecule has 0 aliphatic rings. The maximum absolute atomic E-state index is 13.1. The second-order valence-electron chi connectivity index (χ2n) is 7.17. The molecule has 0 spiro atoms. The lowest BCUT2D eigenvalue weighted by Gasteiger charge is -2.15. The number of aromatic amines is 1. The fourth-order valence-electron chi connectivity index (χ4n) is 3.05. The van der Waals surface area contributed by atoms with Gasteiger partial charge in [-0.05, 0) is 30.5 Å². The molecule has 0 aliphatic heterocycles. The van der Waals surface area contributed by atoms with Crippen molar-refractivity contribution in [3.63, 3.8) is 0 Å². The molecule has 4 N–H and O–H groups in total. The summed E-state index contributed by atoms with van der Waals surface area (Å²) in [4.78, 5) is 44.9. The molecule has 0 saturated carbocycles. The summed E-state index contributed by atoms with van der Waals surface area (Å²) in [6.45, 7) is 6.07. The van der Waals surface area contributed by atoms with Gasteiger partial charge in [0.15, 0.2) is 5.65 Å². The van der Waals surface area contributed by atoms with E-state index in [1.807, 2.05) is 20.8 Å². The number of aromatic nitrogens is 3. The summed E-state index contributed by atoms with van der Waals surface area (Å²) in [6, 6.07) is 4.48. The van der Waals surface area contributed by atoms with Gasteiger partial charge in [0.05, 0.1) is 26.7 Å². The summed E-state index contributed by atoms with van der Waals surface area (Å²) in [5, 5.41) is 3.11. The molecule has 3 aromatic rings. The number of aryl methyl sites for hydroxylation is 1. The minimum absolute atomic E-state index is 0.0363. The number of nitrogen functional groups attached to an aromatic ring is 1. The van der Waals surface area contributed by atoms with E-state index in [1.165, 1.54) is 16.7 Å². The molecule has 2 heterocycles. The lowest BCUT2D eigenvalue weighted by atomic mass is 10.0. The summed E-state index contributed by atoms with van der Waals surface area (Å²) in [7, 11) is 0. The zero-order chi connectivity index (χ0) is 22.2. The first-order valence-electron chi connectivity index (χ1n) is 9.37. The highest BCUT2D eigenvalue weighted by Gasteiger charge is 2.21. The third kappa shape index (κ3) is 4.06. The van der Waals surface area contributed by atoms with E-state index in [1.54, 1.807) is 6.07 Å². The van der Waals surface area contributed by atoms with Gasteiger partial charge in [0.2, 0.25) is 0 Å². The lowest BCUT2D eigenvalue weighted by Crippen LogP contribution is -2.32. The average Bonchev–Trinajstić information content (AvgIpc) is 2.68. The Hall–Kier alpha value is -2.84. The molecular weight excluding hydrogens is 429 g/mol. The van der Waals surface area contributed by atoms with Crippen LogP contribution in [0.1, 0.15) is 49.2 Å². The number of hydrogen-bond donors (Lipinski definition) is 3. The number of H-pyrrole nitrogens is 1. The van der Waals surface area contributed by atoms with Crippen molar-refractivity contribution in [1.82, 2.24) is 14.5 Å². The number of nitrogens with two attached hydrogens (primary N) is 1. The number of hydrogen-bond acceptors (Lipinski definition) is 5. The maximum atomic E-state index is 13.1. The number of nitrogens with one attached hydrogen (secondary N) is 2. The molecule has 1 aromatic carbocycles. The standard InChI is InChI=1S/C20H21Cl2N5O3/c1-4-5-27-17-15(19(29)26-20(27)30)11(8-14(25-17)9(2)3)18(28)24-10-6-12(21)16(23)13(22)7-10/h6-9H,4-5,23H2,1-3H3,(H,24,28)(H,26,29,30). The Morgan fingerprint density at radius 1 is 1.23 bits per heavy atom. The molecule has 0 saturated heterocycles. The number of anilines is 2. The van der Waals surface area contributed by atoms with Crippen LogP contribution in [0, 0.1) is 0 Å². The number of benzene rings is 1.